The lowest BCUT2D eigenvalue weighted by Crippen LogP contribution is -2.14. The molecular weight excluding hydrogens is 268 g/mol. The summed E-state index contributed by atoms with van der Waals surface area (Å²) in [6, 6.07) is 4.95. The Kier molecular flexibility index (Phi) is 4.13. The molecule has 0 bridgehead atoms. The summed E-state index contributed by atoms with van der Waals surface area (Å²) >= 11 is 6.06. The highest BCUT2D eigenvalue weighted by Crippen LogP contribution is 2.17. The number of carbonyl (C=O) groups is 1. The summed E-state index contributed by atoms with van der Waals surface area (Å²) in [5.41, 5.74) is 6.42. The molecule has 7 heteroatoms. The first kappa shape index (κ1) is 13.5. The molecule has 100 valence electrons. The molecular formula is C12H13ClN4O2. The van der Waals surface area contributed by atoms with Gasteiger partial charge in [0.2, 0.25) is 11.8 Å². The van der Waals surface area contributed by atoms with E-state index in [1.807, 2.05) is 0 Å². The molecule has 1 aromatic heterocycles. The molecule has 0 unspecified atom stereocenters. The Hall–Kier alpha value is -1.92. The number of rotatable bonds is 5. The van der Waals surface area contributed by atoms with Crippen LogP contribution in [0, 0.1) is 6.92 Å². The average Bonchev–Trinajstić information content (AvgIpc) is 2.77. The number of carbonyl (C=O) groups excluding carboxylic acids is 1. The first-order chi connectivity index (χ1) is 9.06. The van der Waals surface area contributed by atoms with E-state index in [2.05, 4.69) is 15.5 Å². The van der Waals surface area contributed by atoms with Crippen LogP contribution in [0.5, 0.6) is 0 Å². The van der Waals surface area contributed by atoms with Crippen LogP contribution in [0.3, 0.4) is 0 Å². The van der Waals surface area contributed by atoms with Crippen molar-refractivity contribution in [2.45, 2.75) is 20.0 Å². The first-order valence-electron chi connectivity index (χ1n) is 5.64. The number of nitrogens with zero attached hydrogens (tertiary/aromatic N) is 2. The Bertz CT molecular complexity index is 597. The number of halogens is 1. The van der Waals surface area contributed by atoms with Crippen molar-refractivity contribution in [2.24, 2.45) is 5.73 Å². The number of hydrogen-bond donors (Lipinski definition) is 2. The van der Waals surface area contributed by atoms with Gasteiger partial charge in [-0.1, -0.05) is 22.8 Å². The molecule has 2 rings (SSSR count). The summed E-state index contributed by atoms with van der Waals surface area (Å²) in [6.07, 6.45) is 0. The van der Waals surface area contributed by atoms with Crippen LogP contribution >= 0.6 is 11.6 Å². The maximum absolute atomic E-state index is 11.0. The van der Waals surface area contributed by atoms with Gasteiger partial charge in [-0.15, -0.1) is 0 Å². The fraction of sp³-hybridized carbons (Fsp3) is 0.250. The summed E-state index contributed by atoms with van der Waals surface area (Å²) in [5, 5.41) is 7.30. The molecule has 0 saturated carbocycles. The number of hydrogen-bond acceptors (Lipinski definition) is 5. The van der Waals surface area contributed by atoms with E-state index in [4.69, 9.17) is 21.9 Å². The van der Waals surface area contributed by atoms with Gasteiger partial charge in [-0.25, -0.2) is 0 Å². The lowest BCUT2D eigenvalue weighted by molar-refractivity contribution is 0.100. The second-order valence-electron chi connectivity index (χ2n) is 4.01. The van der Waals surface area contributed by atoms with Gasteiger partial charge in [-0.3, -0.25) is 4.79 Å². The summed E-state index contributed by atoms with van der Waals surface area (Å²) in [5.74, 6) is 0.616. The van der Waals surface area contributed by atoms with Crippen LogP contribution < -0.4 is 11.1 Å². The Morgan fingerprint density at radius 1 is 1.47 bits per heavy atom. The van der Waals surface area contributed by atoms with Crippen molar-refractivity contribution < 1.29 is 9.32 Å². The Balaban J connectivity index is 1.94. The SMILES string of the molecule is Cc1noc(CNCc2ccc(C(N)=O)cc2Cl)n1. The molecule has 19 heavy (non-hydrogen) atoms. The monoisotopic (exact) mass is 280 g/mol. The molecule has 0 saturated heterocycles. The van der Waals surface area contributed by atoms with Gasteiger partial charge in [0.05, 0.1) is 6.54 Å². The van der Waals surface area contributed by atoms with Crippen molar-refractivity contribution in [1.82, 2.24) is 15.5 Å². The van der Waals surface area contributed by atoms with Crippen LogP contribution in [0.4, 0.5) is 0 Å². The van der Waals surface area contributed by atoms with E-state index in [-0.39, 0.29) is 0 Å². The van der Waals surface area contributed by atoms with Crippen molar-refractivity contribution in [1.29, 1.82) is 0 Å². The summed E-state index contributed by atoms with van der Waals surface area (Å²) in [4.78, 5) is 15.1. The van der Waals surface area contributed by atoms with Crippen molar-refractivity contribution in [3.8, 4) is 0 Å². The fourth-order valence-electron chi connectivity index (χ4n) is 1.56. The summed E-state index contributed by atoms with van der Waals surface area (Å²) in [6.45, 7) is 2.74. The molecule has 6 nitrogen and oxygen atoms in total. The highest BCUT2D eigenvalue weighted by atomic mass is 35.5. The van der Waals surface area contributed by atoms with E-state index in [9.17, 15) is 4.79 Å². The second kappa shape index (κ2) is 5.81. The fourth-order valence-corrected chi connectivity index (χ4v) is 1.81. The van der Waals surface area contributed by atoms with Gasteiger partial charge in [0.15, 0.2) is 5.82 Å². The minimum atomic E-state index is -0.497. The van der Waals surface area contributed by atoms with Crippen molar-refractivity contribution >= 4 is 17.5 Å². The predicted molar refractivity (Wildman–Crippen MR) is 69.5 cm³/mol. The topological polar surface area (TPSA) is 94.0 Å². The lowest BCUT2D eigenvalue weighted by Gasteiger charge is -2.06. The molecule has 1 amide bonds. The van der Waals surface area contributed by atoms with Gasteiger partial charge in [0.25, 0.3) is 0 Å². The van der Waals surface area contributed by atoms with E-state index in [0.717, 1.165) is 5.56 Å². The van der Waals surface area contributed by atoms with E-state index in [0.29, 0.717) is 35.4 Å². The van der Waals surface area contributed by atoms with Gasteiger partial charge in [0, 0.05) is 17.1 Å². The maximum atomic E-state index is 11.0. The van der Waals surface area contributed by atoms with Crippen molar-refractivity contribution in [3.05, 3.63) is 46.1 Å². The minimum Gasteiger partial charge on any atom is -0.366 e. The normalized spacial score (nSPS) is 10.6. The molecule has 1 heterocycles. The number of aromatic nitrogens is 2. The summed E-state index contributed by atoms with van der Waals surface area (Å²) < 4.78 is 4.97. The highest BCUT2D eigenvalue weighted by Gasteiger charge is 2.06. The Labute approximate surface area is 114 Å². The second-order valence-corrected chi connectivity index (χ2v) is 4.42. The molecule has 0 aliphatic rings. The molecule has 0 atom stereocenters. The number of benzene rings is 1. The number of amides is 1. The predicted octanol–water partition coefficient (Wildman–Crippen LogP) is 1.42. The summed E-state index contributed by atoms with van der Waals surface area (Å²) in [7, 11) is 0. The van der Waals surface area contributed by atoms with Crippen LogP contribution in [0.25, 0.3) is 0 Å². The van der Waals surface area contributed by atoms with Crippen LogP contribution in [0.15, 0.2) is 22.7 Å². The molecule has 0 radical (unpaired) electrons. The zero-order valence-corrected chi connectivity index (χ0v) is 11.1. The number of aryl methyl sites for hydroxylation is 1. The standard InChI is InChI=1S/C12H13ClN4O2/c1-7-16-11(19-17-7)6-15-5-9-3-2-8(12(14)18)4-10(9)13/h2-4,15H,5-6H2,1H3,(H2,14,18). The zero-order chi connectivity index (χ0) is 13.8. The van der Waals surface area contributed by atoms with E-state index in [1.165, 1.54) is 0 Å². The Morgan fingerprint density at radius 2 is 2.26 bits per heavy atom. The van der Waals surface area contributed by atoms with Crippen LogP contribution in [-0.4, -0.2) is 16.0 Å². The molecule has 0 aliphatic heterocycles. The quantitative estimate of drug-likeness (QED) is 0.864. The Morgan fingerprint density at radius 3 is 2.84 bits per heavy atom. The third-order valence-corrected chi connectivity index (χ3v) is 2.85. The lowest BCUT2D eigenvalue weighted by atomic mass is 10.1. The van der Waals surface area contributed by atoms with Gasteiger partial charge in [-0.2, -0.15) is 4.98 Å². The average molecular weight is 281 g/mol. The van der Waals surface area contributed by atoms with E-state index >= 15 is 0 Å². The molecule has 0 aliphatic carbocycles. The molecule has 1 aromatic carbocycles. The van der Waals surface area contributed by atoms with Crippen LogP contribution in [0.1, 0.15) is 27.6 Å². The number of primary amides is 1. The van der Waals surface area contributed by atoms with Gasteiger partial charge in [0.1, 0.15) is 0 Å². The van der Waals surface area contributed by atoms with Crippen LogP contribution in [0.2, 0.25) is 5.02 Å². The number of nitrogens with two attached hydrogens (primary N) is 1. The molecule has 3 N–H and O–H groups in total. The van der Waals surface area contributed by atoms with Crippen LogP contribution in [-0.2, 0) is 13.1 Å². The largest absolute Gasteiger partial charge is 0.366 e. The van der Waals surface area contributed by atoms with E-state index < -0.39 is 5.91 Å². The van der Waals surface area contributed by atoms with Gasteiger partial charge < -0.3 is 15.6 Å². The molecule has 2 aromatic rings. The number of nitrogens with one attached hydrogen (secondary N) is 1. The van der Waals surface area contributed by atoms with E-state index in [1.54, 1.807) is 25.1 Å². The smallest absolute Gasteiger partial charge is 0.248 e. The highest BCUT2D eigenvalue weighted by molar-refractivity contribution is 6.31. The van der Waals surface area contributed by atoms with Crippen molar-refractivity contribution in [2.75, 3.05) is 0 Å². The third kappa shape index (κ3) is 3.52. The van der Waals surface area contributed by atoms with Gasteiger partial charge in [-0.05, 0) is 24.6 Å². The third-order valence-electron chi connectivity index (χ3n) is 2.50. The molecule has 0 fully saturated rings. The van der Waals surface area contributed by atoms with Crippen molar-refractivity contribution in [3.63, 3.8) is 0 Å². The minimum absolute atomic E-state index is 0.390. The zero-order valence-electron chi connectivity index (χ0n) is 10.3. The molecule has 0 spiro atoms. The first-order valence-corrected chi connectivity index (χ1v) is 6.02. The van der Waals surface area contributed by atoms with Gasteiger partial charge >= 0.3 is 0 Å². The maximum Gasteiger partial charge on any atom is 0.248 e.